The lowest BCUT2D eigenvalue weighted by atomic mass is 10.0. The zero-order valence-corrected chi connectivity index (χ0v) is 9.89. The molecule has 0 bridgehead atoms. The molecule has 1 saturated heterocycles. The first-order valence-electron chi connectivity index (χ1n) is 5.41. The monoisotopic (exact) mass is 253 g/mol. The summed E-state index contributed by atoms with van der Waals surface area (Å²) in [5.41, 5.74) is 0.569. The summed E-state index contributed by atoms with van der Waals surface area (Å²) in [7, 11) is 0. The Hall–Kier alpha value is -1.55. The second-order valence-corrected chi connectivity index (χ2v) is 4.14. The average Bonchev–Trinajstić information content (AvgIpc) is 2.64. The average molecular weight is 254 g/mol. The number of nitrogens with zero attached hydrogens (tertiary/aromatic N) is 1. The Morgan fingerprint density at radius 2 is 1.94 bits per heavy atom. The molecule has 1 aliphatic rings. The van der Waals surface area contributed by atoms with E-state index in [0.29, 0.717) is 24.4 Å². The normalized spacial score (nSPS) is 19.6. The minimum Gasteiger partial charge on any atom is -0.332 e. The molecule has 4 nitrogen and oxygen atoms in total. The summed E-state index contributed by atoms with van der Waals surface area (Å²) in [4.78, 5) is 28.5. The Morgan fingerprint density at radius 1 is 1.24 bits per heavy atom. The van der Waals surface area contributed by atoms with Gasteiger partial charge in [0.25, 0.3) is 5.91 Å². The highest BCUT2D eigenvalue weighted by atomic mass is 35.5. The Balaban J connectivity index is 2.13. The Bertz CT molecular complexity index is 421. The third-order valence-electron chi connectivity index (χ3n) is 2.58. The highest BCUT2D eigenvalue weighted by molar-refractivity contribution is 6.18. The van der Waals surface area contributed by atoms with Crippen molar-refractivity contribution in [3.63, 3.8) is 0 Å². The molecule has 1 aromatic rings. The van der Waals surface area contributed by atoms with Crippen LogP contribution in [0.5, 0.6) is 0 Å². The molecule has 1 heterocycles. The van der Waals surface area contributed by atoms with E-state index in [0.717, 1.165) is 5.06 Å². The Labute approximate surface area is 104 Å². The summed E-state index contributed by atoms with van der Waals surface area (Å²) in [6, 6.07) is 8.83. The number of anilines is 1. The van der Waals surface area contributed by atoms with Gasteiger partial charge in [-0.3, -0.25) is 4.79 Å². The third-order valence-corrected chi connectivity index (χ3v) is 2.85. The van der Waals surface area contributed by atoms with Gasteiger partial charge in [-0.15, -0.1) is 16.7 Å². The molecule has 0 aliphatic carbocycles. The zero-order chi connectivity index (χ0) is 12.3. The number of rotatable bonds is 4. The smallest absolute Gasteiger partial charge is 0.332 e. The van der Waals surface area contributed by atoms with Crippen molar-refractivity contribution in [3.8, 4) is 0 Å². The molecule has 0 spiro atoms. The van der Waals surface area contributed by atoms with Crippen LogP contribution in [0, 0.1) is 5.92 Å². The number of benzene rings is 1. The predicted molar refractivity (Wildman–Crippen MR) is 63.5 cm³/mol. The van der Waals surface area contributed by atoms with Gasteiger partial charge in [-0.05, 0) is 25.0 Å². The zero-order valence-electron chi connectivity index (χ0n) is 9.14. The van der Waals surface area contributed by atoms with E-state index in [4.69, 9.17) is 16.4 Å². The minimum atomic E-state index is -0.714. The van der Waals surface area contributed by atoms with Gasteiger partial charge in [0, 0.05) is 5.88 Å². The topological polar surface area (TPSA) is 46.6 Å². The van der Waals surface area contributed by atoms with Crippen LogP contribution in [0.3, 0.4) is 0 Å². The number of carbonyl (C=O) groups excluding carboxylic acids is 2. The van der Waals surface area contributed by atoms with Crippen LogP contribution < -0.4 is 5.06 Å². The SMILES string of the molecule is O=C1ON(c2ccccc2)C(=O)C1CCCCl. The first kappa shape index (κ1) is 11.9. The van der Waals surface area contributed by atoms with Crippen molar-refractivity contribution in [2.75, 3.05) is 10.9 Å². The van der Waals surface area contributed by atoms with Gasteiger partial charge >= 0.3 is 5.97 Å². The molecule has 90 valence electrons. The molecule has 1 aromatic carbocycles. The van der Waals surface area contributed by atoms with Gasteiger partial charge in [0.1, 0.15) is 5.92 Å². The number of amides is 1. The fraction of sp³-hybridized carbons (Fsp3) is 0.333. The van der Waals surface area contributed by atoms with Crippen LogP contribution in [0.4, 0.5) is 5.69 Å². The summed E-state index contributed by atoms with van der Waals surface area (Å²) in [5.74, 6) is -1.09. The quantitative estimate of drug-likeness (QED) is 0.610. The van der Waals surface area contributed by atoms with Crippen molar-refractivity contribution in [1.82, 2.24) is 0 Å². The van der Waals surface area contributed by atoms with E-state index in [2.05, 4.69) is 0 Å². The van der Waals surface area contributed by atoms with E-state index >= 15 is 0 Å². The third kappa shape index (κ3) is 2.42. The second-order valence-electron chi connectivity index (χ2n) is 3.76. The maximum absolute atomic E-state index is 12.0. The Morgan fingerprint density at radius 3 is 2.59 bits per heavy atom. The Kier molecular flexibility index (Phi) is 3.64. The first-order valence-corrected chi connectivity index (χ1v) is 5.94. The number of alkyl halides is 1. The van der Waals surface area contributed by atoms with Crippen LogP contribution >= 0.6 is 11.6 Å². The van der Waals surface area contributed by atoms with E-state index in [1.54, 1.807) is 24.3 Å². The van der Waals surface area contributed by atoms with Gasteiger partial charge in [0.05, 0.1) is 5.69 Å². The molecule has 1 unspecified atom stereocenters. The van der Waals surface area contributed by atoms with E-state index in [-0.39, 0.29) is 5.91 Å². The van der Waals surface area contributed by atoms with Crippen LogP contribution in [0.25, 0.3) is 0 Å². The number of halogens is 1. The van der Waals surface area contributed by atoms with E-state index < -0.39 is 11.9 Å². The van der Waals surface area contributed by atoms with Crippen LogP contribution in [-0.2, 0) is 14.4 Å². The molecule has 2 rings (SSSR count). The van der Waals surface area contributed by atoms with Crippen molar-refractivity contribution in [3.05, 3.63) is 30.3 Å². The molecule has 17 heavy (non-hydrogen) atoms. The summed E-state index contributed by atoms with van der Waals surface area (Å²) in [6.07, 6.45) is 1.06. The number of hydrogen-bond acceptors (Lipinski definition) is 3. The number of para-hydroxylation sites is 1. The fourth-order valence-electron chi connectivity index (χ4n) is 1.71. The van der Waals surface area contributed by atoms with E-state index in [1.165, 1.54) is 0 Å². The molecule has 1 amide bonds. The van der Waals surface area contributed by atoms with Crippen molar-refractivity contribution in [2.24, 2.45) is 5.92 Å². The van der Waals surface area contributed by atoms with Gasteiger partial charge in [0.2, 0.25) is 0 Å². The van der Waals surface area contributed by atoms with Crippen molar-refractivity contribution in [1.29, 1.82) is 0 Å². The summed E-state index contributed by atoms with van der Waals surface area (Å²) >= 11 is 5.55. The maximum Gasteiger partial charge on any atom is 0.345 e. The molecule has 1 atom stereocenters. The number of hydroxylamine groups is 1. The van der Waals surface area contributed by atoms with Crippen LogP contribution in [0.1, 0.15) is 12.8 Å². The van der Waals surface area contributed by atoms with Gasteiger partial charge in [-0.25, -0.2) is 4.79 Å². The molecule has 1 fully saturated rings. The summed E-state index contributed by atoms with van der Waals surface area (Å²) < 4.78 is 0. The molecule has 0 radical (unpaired) electrons. The number of carbonyl (C=O) groups is 2. The van der Waals surface area contributed by atoms with Crippen molar-refractivity contribution < 1.29 is 14.4 Å². The molecule has 0 aromatic heterocycles. The van der Waals surface area contributed by atoms with Gasteiger partial charge in [0.15, 0.2) is 0 Å². The standard InChI is InChI=1S/C12H12ClNO3/c13-8-4-7-10-11(15)14(17-12(10)16)9-5-2-1-3-6-9/h1-3,5-6,10H,4,7-8H2. The molecular weight excluding hydrogens is 242 g/mol. The highest BCUT2D eigenvalue weighted by Crippen LogP contribution is 2.26. The predicted octanol–water partition coefficient (Wildman–Crippen LogP) is 2.13. The second kappa shape index (κ2) is 5.19. The van der Waals surface area contributed by atoms with Crippen LogP contribution in [0.15, 0.2) is 30.3 Å². The lowest BCUT2D eigenvalue weighted by Gasteiger charge is -2.12. The molecule has 5 heteroatoms. The maximum atomic E-state index is 12.0. The lowest BCUT2D eigenvalue weighted by Crippen LogP contribution is -2.25. The van der Waals surface area contributed by atoms with Crippen LogP contribution in [0.2, 0.25) is 0 Å². The number of hydrogen-bond donors (Lipinski definition) is 0. The molecule has 1 aliphatic heterocycles. The highest BCUT2D eigenvalue weighted by Gasteiger charge is 2.42. The van der Waals surface area contributed by atoms with Gasteiger partial charge in [-0.2, -0.15) is 0 Å². The van der Waals surface area contributed by atoms with E-state index in [1.807, 2.05) is 6.07 Å². The first-order chi connectivity index (χ1) is 8.24. The van der Waals surface area contributed by atoms with E-state index in [9.17, 15) is 9.59 Å². The fourth-order valence-corrected chi connectivity index (χ4v) is 1.86. The molecular formula is C12H12ClNO3. The summed E-state index contributed by atoms with van der Waals surface area (Å²) in [6.45, 7) is 0. The van der Waals surface area contributed by atoms with Crippen molar-refractivity contribution in [2.45, 2.75) is 12.8 Å². The van der Waals surface area contributed by atoms with Crippen LogP contribution in [-0.4, -0.2) is 17.8 Å². The lowest BCUT2D eigenvalue weighted by molar-refractivity contribution is -0.142. The van der Waals surface area contributed by atoms with Gasteiger partial charge < -0.3 is 4.84 Å². The van der Waals surface area contributed by atoms with Gasteiger partial charge in [-0.1, -0.05) is 18.2 Å². The minimum absolute atomic E-state index is 0.314. The largest absolute Gasteiger partial charge is 0.345 e. The molecule has 0 N–H and O–H groups in total. The molecule has 0 saturated carbocycles. The summed E-state index contributed by atoms with van der Waals surface area (Å²) in [5, 5.41) is 1.06. The van der Waals surface area contributed by atoms with Crippen molar-refractivity contribution >= 4 is 29.2 Å².